The summed E-state index contributed by atoms with van der Waals surface area (Å²) in [6.45, 7) is 6.92. The van der Waals surface area contributed by atoms with E-state index in [2.05, 4.69) is 285 Å². The molecule has 2 unspecified atom stereocenters. The molecule has 0 saturated carbocycles. The minimum Gasteiger partial charge on any atom is -0.456 e. The van der Waals surface area contributed by atoms with Crippen LogP contribution in [0.15, 0.2) is 262 Å². The van der Waals surface area contributed by atoms with E-state index in [0.717, 1.165) is 96.9 Å². The van der Waals surface area contributed by atoms with Gasteiger partial charge in [0.05, 0.1) is 28.0 Å². The van der Waals surface area contributed by atoms with Gasteiger partial charge in [0.1, 0.15) is 22.3 Å². The van der Waals surface area contributed by atoms with Gasteiger partial charge in [-0.25, -0.2) is 0 Å². The summed E-state index contributed by atoms with van der Waals surface area (Å²) in [6.07, 6.45) is 10.3. The molecule has 16 aromatic rings. The summed E-state index contributed by atoms with van der Waals surface area (Å²) < 4.78 is 21.0. The third-order valence-corrected chi connectivity index (χ3v) is 20.5. The Kier molecular flexibility index (Phi) is 11.8. The Balaban J connectivity index is 0.735. The van der Waals surface area contributed by atoms with Crippen molar-refractivity contribution in [2.24, 2.45) is 16.8 Å². The van der Waals surface area contributed by atoms with Crippen LogP contribution in [-0.2, 0) is 0 Å². The molecule has 424 valence electrons. The Morgan fingerprint density at radius 3 is 1.84 bits per heavy atom. The number of thiophene rings is 1. The molecule has 11 aromatic carbocycles. The lowest BCUT2D eigenvalue weighted by Crippen LogP contribution is -2.30. The molecule has 89 heavy (non-hydrogen) atoms. The Labute approximate surface area is 518 Å². The summed E-state index contributed by atoms with van der Waals surface area (Å²) in [7, 11) is 0. The van der Waals surface area contributed by atoms with E-state index in [-0.39, 0.29) is 11.8 Å². The van der Waals surface area contributed by atoms with Crippen LogP contribution in [0.2, 0.25) is 0 Å². The van der Waals surface area contributed by atoms with Crippen LogP contribution in [0.3, 0.4) is 0 Å². The van der Waals surface area contributed by atoms with Crippen LogP contribution in [0.5, 0.6) is 0 Å². The molecule has 2 atom stereocenters. The summed E-state index contributed by atoms with van der Waals surface area (Å²) in [5.41, 5.74) is 22.0. The number of benzene rings is 11. The maximum atomic E-state index is 6.83. The zero-order valence-electron chi connectivity index (χ0n) is 49.6. The number of fused-ring (bicyclic) bond motifs is 15. The Morgan fingerprint density at radius 1 is 0.449 bits per heavy atom. The predicted octanol–water partition coefficient (Wildman–Crippen LogP) is 21.6. The normalized spacial score (nSPS) is 17.0. The number of aliphatic imine (C=N–C) groups is 1. The number of nitrogens with zero attached hydrogens (tertiary/aromatic N) is 3. The van der Waals surface area contributed by atoms with E-state index in [0.29, 0.717) is 0 Å². The molecule has 0 N–H and O–H groups in total. The Bertz CT molecular complexity index is 5880. The third kappa shape index (κ3) is 8.16. The number of para-hydroxylation sites is 3. The average Bonchev–Trinajstić information content (AvgIpc) is 2.41. The molecule has 0 amide bonds. The average molecular weight is 1160 g/mol. The van der Waals surface area contributed by atoms with Gasteiger partial charge in [0.2, 0.25) is 0 Å². The topological polar surface area (TPSA) is 48.5 Å². The molecule has 1 aliphatic heterocycles. The second-order valence-corrected chi connectivity index (χ2v) is 25.4. The lowest BCUT2D eigenvalue weighted by atomic mass is 9.80. The number of hydrogen-bond acceptors (Lipinski definition) is 4. The SMILES string of the molecule is CCC1/C=C(/c2cccc3oc4ccc(-c5ccc6sc7ccc(-c8ccc9c(c8)c8ccccc8n9-c8ccccc8)cc7c6c5)cc4c23)C(C)/C(C)=C(/c2ccccc2)N=C1c1ccc2c(c1)oc1ccc(-n3c4c(c5ccccc53)=CCCC=4)cc12. The Hall–Kier alpha value is -10.5. The highest BCUT2D eigenvalue weighted by Gasteiger charge is 2.28. The van der Waals surface area contributed by atoms with Crippen molar-refractivity contribution in [1.82, 2.24) is 9.13 Å². The van der Waals surface area contributed by atoms with Crippen molar-refractivity contribution in [2.75, 3.05) is 0 Å². The maximum absolute atomic E-state index is 6.83. The molecule has 0 bridgehead atoms. The van der Waals surface area contributed by atoms with E-state index in [4.69, 9.17) is 13.8 Å². The first-order valence-corrected chi connectivity index (χ1v) is 32.1. The van der Waals surface area contributed by atoms with Crippen LogP contribution >= 0.6 is 11.3 Å². The molecule has 1 aliphatic carbocycles. The molecule has 2 aliphatic rings. The lowest BCUT2D eigenvalue weighted by molar-refractivity contribution is 0.668. The van der Waals surface area contributed by atoms with E-state index < -0.39 is 0 Å². The molecule has 0 radical (unpaired) electrons. The van der Waals surface area contributed by atoms with Gasteiger partial charge in [-0.1, -0.05) is 159 Å². The molecule has 6 heterocycles. The largest absolute Gasteiger partial charge is 0.456 e. The second-order valence-electron chi connectivity index (χ2n) is 24.3. The number of furan rings is 2. The fraction of sp³-hybridized carbons (Fsp3) is 0.0964. The van der Waals surface area contributed by atoms with Gasteiger partial charge in [0.15, 0.2) is 0 Å². The van der Waals surface area contributed by atoms with Crippen LogP contribution in [0.25, 0.3) is 154 Å². The third-order valence-electron chi connectivity index (χ3n) is 19.4. The summed E-state index contributed by atoms with van der Waals surface area (Å²) in [6, 6.07) is 86.7. The maximum Gasteiger partial charge on any atom is 0.136 e. The number of aromatic nitrogens is 2. The Morgan fingerprint density at radius 2 is 1.07 bits per heavy atom. The van der Waals surface area contributed by atoms with Crippen molar-refractivity contribution >= 4 is 137 Å². The van der Waals surface area contributed by atoms with E-state index >= 15 is 0 Å². The molecule has 5 nitrogen and oxygen atoms in total. The van der Waals surface area contributed by atoms with Gasteiger partial charge in [0.25, 0.3) is 0 Å². The molecule has 0 fully saturated rings. The molecule has 0 spiro atoms. The van der Waals surface area contributed by atoms with Crippen molar-refractivity contribution in [3.63, 3.8) is 0 Å². The zero-order chi connectivity index (χ0) is 59.0. The van der Waals surface area contributed by atoms with Gasteiger partial charge < -0.3 is 18.0 Å². The van der Waals surface area contributed by atoms with Gasteiger partial charge in [0, 0.05) is 103 Å². The standard InChI is InChI=1S/C83H59N3O2S/c1-4-51-42-65(49(2)50(3)82(52-18-7-5-8-19-52)84-83(51)57-30-36-63-67-48-59(35-39-75(67)88-78(63)47-57)86-71-26-14-11-22-60(71)61-23-12-15-27-72(61)86)64-25-17-29-77-81(64)70-46-54(32-38-76(70)87-77)56-34-41-80-69(45-56)68-44-55(33-40-79(68)89-80)53-31-37-74-66(43-53)62-24-13-16-28-73(62)85(74)58-20-9-6-10-21-58/h5-11,13-14,16-49,51H,4,12,15H2,1-3H3/b65-42+,82-50-,84-83?. The second kappa shape index (κ2) is 20.3. The first-order chi connectivity index (χ1) is 43.9. The monoisotopic (exact) mass is 1160 g/mol. The summed E-state index contributed by atoms with van der Waals surface area (Å²) in [5, 5.41) is 13.4. The number of allylic oxidation sites excluding steroid dienone is 3. The van der Waals surface area contributed by atoms with Crippen molar-refractivity contribution < 1.29 is 8.83 Å². The fourth-order valence-corrected chi connectivity index (χ4v) is 15.9. The van der Waals surface area contributed by atoms with Crippen LogP contribution in [0, 0.1) is 11.8 Å². The highest BCUT2D eigenvalue weighted by Crippen LogP contribution is 2.46. The summed E-state index contributed by atoms with van der Waals surface area (Å²) in [4.78, 5) is 5.78. The molecule has 5 aromatic heterocycles. The first-order valence-electron chi connectivity index (χ1n) is 31.2. The molecular formula is C83H59N3O2S. The number of hydrogen-bond donors (Lipinski definition) is 0. The van der Waals surface area contributed by atoms with Crippen LogP contribution in [0.1, 0.15) is 56.7 Å². The minimum atomic E-state index is -0.0185. The molecular weight excluding hydrogens is 1100 g/mol. The highest BCUT2D eigenvalue weighted by atomic mass is 32.1. The quantitative estimate of drug-likeness (QED) is 0.152. The fourth-order valence-electron chi connectivity index (χ4n) is 14.9. The van der Waals surface area contributed by atoms with Crippen molar-refractivity contribution in [3.05, 3.63) is 275 Å². The first kappa shape index (κ1) is 51.7. The van der Waals surface area contributed by atoms with Crippen LogP contribution in [0.4, 0.5) is 0 Å². The van der Waals surface area contributed by atoms with Crippen molar-refractivity contribution in [2.45, 2.75) is 40.0 Å². The zero-order valence-corrected chi connectivity index (χ0v) is 50.4. The van der Waals surface area contributed by atoms with Gasteiger partial charge in [-0.3, -0.25) is 4.99 Å². The molecule has 18 rings (SSSR count). The van der Waals surface area contributed by atoms with Gasteiger partial charge in [-0.15, -0.1) is 11.3 Å². The van der Waals surface area contributed by atoms with E-state index in [1.807, 2.05) is 11.3 Å². The van der Waals surface area contributed by atoms with Crippen molar-refractivity contribution in [1.29, 1.82) is 0 Å². The summed E-state index contributed by atoms with van der Waals surface area (Å²) in [5.74, 6) is 0.0136. The van der Waals surface area contributed by atoms with Crippen LogP contribution < -0.4 is 10.6 Å². The van der Waals surface area contributed by atoms with Gasteiger partial charge >= 0.3 is 0 Å². The van der Waals surface area contributed by atoms with Crippen LogP contribution in [-0.4, -0.2) is 14.8 Å². The van der Waals surface area contributed by atoms with E-state index in [9.17, 15) is 0 Å². The lowest BCUT2D eigenvalue weighted by Gasteiger charge is -2.27. The van der Waals surface area contributed by atoms with Gasteiger partial charge in [-0.2, -0.15) is 0 Å². The molecule has 6 heteroatoms. The highest BCUT2D eigenvalue weighted by molar-refractivity contribution is 7.25. The predicted molar refractivity (Wildman–Crippen MR) is 376 cm³/mol. The smallest absolute Gasteiger partial charge is 0.136 e. The summed E-state index contributed by atoms with van der Waals surface area (Å²) >= 11 is 1.86. The van der Waals surface area contributed by atoms with E-state index in [1.165, 1.54) is 103 Å². The van der Waals surface area contributed by atoms with Gasteiger partial charge in [-0.05, 0) is 174 Å². The van der Waals surface area contributed by atoms with E-state index in [1.54, 1.807) is 0 Å². The number of rotatable bonds is 8. The molecule has 0 saturated heterocycles. The minimum absolute atomic E-state index is 0.0185. The van der Waals surface area contributed by atoms with Crippen molar-refractivity contribution in [3.8, 4) is 33.6 Å².